The van der Waals surface area contributed by atoms with Gasteiger partial charge in [-0.05, 0) is 20.9 Å². The topological polar surface area (TPSA) is 49.5 Å². The van der Waals surface area contributed by atoms with E-state index in [2.05, 4.69) is 12.2 Å². The summed E-state index contributed by atoms with van der Waals surface area (Å²) in [5.41, 5.74) is 4.00. The largest absolute Gasteiger partial charge is 0.399 e. The van der Waals surface area contributed by atoms with E-state index in [0.29, 0.717) is 0 Å². The van der Waals surface area contributed by atoms with Crippen molar-refractivity contribution in [3.63, 3.8) is 0 Å². The van der Waals surface area contributed by atoms with Crippen molar-refractivity contribution in [3.05, 3.63) is 0 Å². The Morgan fingerprint density at radius 2 is 1.88 bits per heavy atom. The third-order valence-corrected chi connectivity index (χ3v) is 2.17. The van der Waals surface area contributed by atoms with Gasteiger partial charge in [0.15, 0.2) is 0 Å². The molecule has 0 amide bonds. The maximum atomic E-state index is 12.5. The quantitative estimate of drug-likeness (QED) is 0.726. The number of nitrogens with zero attached hydrogens (tertiary/aromatic N) is 1. The standard InChI is InChI=1S/C9H17F3N2OS/c1-8(2,15)5-14(3)4-6(7(13)16)9(10,11)12/h6,15H,4-5H2,1-3H3,(H2,13,16). The molecule has 0 saturated carbocycles. The fourth-order valence-corrected chi connectivity index (χ4v) is 1.60. The second-order valence-electron chi connectivity index (χ2n) is 4.51. The van der Waals surface area contributed by atoms with E-state index in [0.717, 1.165) is 0 Å². The van der Waals surface area contributed by atoms with Gasteiger partial charge in [0.25, 0.3) is 0 Å². The molecule has 3 N–H and O–H groups in total. The summed E-state index contributed by atoms with van der Waals surface area (Å²) in [5, 5.41) is 9.46. The van der Waals surface area contributed by atoms with E-state index >= 15 is 0 Å². The molecule has 1 unspecified atom stereocenters. The number of nitrogens with two attached hydrogens (primary N) is 1. The highest BCUT2D eigenvalue weighted by atomic mass is 32.1. The monoisotopic (exact) mass is 258 g/mol. The third-order valence-electron chi connectivity index (χ3n) is 1.89. The van der Waals surface area contributed by atoms with Gasteiger partial charge in [0, 0.05) is 13.1 Å². The van der Waals surface area contributed by atoms with Crippen molar-refractivity contribution in [2.45, 2.75) is 25.6 Å². The minimum Gasteiger partial charge on any atom is -0.393 e. The molecule has 7 heteroatoms. The van der Waals surface area contributed by atoms with Crippen LogP contribution in [0.25, 0.3) is 0 Å². The zero-order valence-corrected chi connectivity index (χ0v) is 10.3. The molecule has 0 fully saturated rings. The van der Waals surface area contributed by atoms with E-state index < -0.39 is 22.7 Å². The zero-order valence-electron chi connectivity index (χ0n) is 9.51. The minimum atomic E-state index is -4.44. The number of thiocarbonyl (C=S) groups is 1. The van der Waals surface area contributed by atoms with E-state index in [1.807, 2.05) is 0 Å². The van der Waals surface area contributed by atoms with Crippen LogP contribution in [0.4, 0.5) is 13.2 Å². The molecule has 0 heterocycles. The van der Waals surface area contributed by atoms with Crippen LogP contribution in [0.5, 0.6) is 0 Å². The van der Waals surface area contributed by atoms with Gasteiger partial charge >= 0.3 is 6.18 Å². The molecule has 0 radical (unpaired) electrons. The fourth-order valence-electron chi connectivity index (χ4n) is 1.39. The highest BCUT2D eigenvalue weighted by molar-refractivity contribution is 7.80. The summed E-state index contributed by atoms with van der Waals surface area (Å²) in [5.74, 6) is -1.84. The molecule has 3 nitrogen and oxygen atoms in total. The Balaban J connectivity index is 4.49. The van der Waals surface area contributed by atoms with Gasteiger partial charge in [-0.1, -0.05) is 12.2 Å². The molecule has 0 aliphatic rings. The lowest BCUT2D eigenvalue weighted by Crippen LogP contribution is -2.45. The third kappa shape index (κ3) is 6.24. The lowest BCUT2D eigenvalue weighted by molar-refractivity contribution is -0.159. The number of alkyl halides is 3. The summed E-state index contributed by atoms with van der Waals surface area (Å²) in [4.78, 5) is 0.784. The average Bonchev–Trinajstić information content (AvgIpc) is 1.93. The van der Waals surface area contributed by atoms with Crippen molar-refractivity contribution < 1.29 is 18.3 Å². The molecular weight excluding hydrogens is 241 g/mol. The van der Waals surface area contributed by atoms with Crippen LogP contribution in [0, 0.1) is 5.92 Å². The molecule has 1 atom stereocenters. The second kappa shape index (κ2) is 5.29. The number of hydrogen-bond donors (Lipinski definition) is 2. The average molecular weight is 258 g/mol. The van der Waals surface area contributed by atoms with Crippen LogP contribution in [0.15, 0.2) is 0 Å². The summed E-state index contributed by atoms with van der Waals surface area (Å²) in [6, 6.07) is 0. The first-order chi connectivity index (χ1) is 6.93. The molecule has 0 aromatic carbocycles. The molecule has 0 aliphatic heterocycles. The lowest BCUT2D eigenvalue weighted by Gasteiger charge is -2.29. The number of hydrogen-bond acceptors (Lipinski definition) is 3. The molecule has 0 spiro atoms. The normalized spacial score (nSPS) is 15.2. The lowest BCUT2D eigenvalue weighted by atomic mass is 10.1. The van der Waals surface area contributed by atoms with Crippen LogP contribution < -0.4 is 5.73 Å². The second-order valence-corrected chi connectivity index (χ2v) is 4.98. The van der Waals surface area contributed by atoms with Gasteiger partial charge in [-0.25, -0.2) is 0 Å². The highest BCUT2D eigenvalue weighted by Crippen LogP contribution is 2.27. The predicted molar refractivity (Wildman–Crippen MR) is 60.1 cm³/mol. The number of rotatable bonds is 5. The van der Waals surface area contributed by atoms with Crippen LogP contribution in [0.3, 0.4) is 0 Å². The SMILES string of the molecule is CN(CC(C(N)=S)C(F)(F)F)CC(C)(C)O. The van der Waals surface area contributed by atoms with Crippen LogP contribution in [-0.2, 0) is 0 Å². The summed E-state index contributed by atoms with van der Waals surface area (Å²) in [6.07, 6.45) is -4.44. The van der Waals surface area contributed by atoms with Crippen LogP contribution in [0.2, 0.25) is 0 Å². The first-order valence-corrected chi connectivity index (χ1v) is 5.11. The summed E-state index contributed by atoms with van der Waals surface area (Å²) in [6.45, 7) is 2.81. The van der Waals surface area contributed by atoms with E-state index in [9.17, 15) is 18.3 Å². The van der Waals surface area contributed by atoms with Gasteiger partial charge in [0.1, 0.15) is 5.92 Å². The highest BCUT2D eigenvalue weighted by Gasteiger charge is 2.42. The van der Waals surface area contributed by atoms with Crippen molar-refractivity contribution in [1.29, 1.82) is 0 Å². The molecule has 0 saturated heterocycles. The first-order valence-electron chi connectivity index (χ1n) is 4.70. The van der Waals surface area contributed by atoms with Crippen molar-refractivity contribution in [2.24, 2.45) is 11.7 Å². The molecule has 16 heavy (non-hydrogen) atoms. The molecular formula is C9H17F3N2OS. The number of likely N-dealkylation sites (N-methyl/N-ethyl adjacent to an activating group) is 1. The summed E-state index contributed by atoms with van der Waals surface area (Å²) >= 11 is 4.39. The van der Waals surface area contributed by atoms with E-state index in [1.54, 1.807) is 0 Å². The molecule has 0 aromatic heterocycles. The van der Waals surface area contributed by atoms with Crippen LogP contribution in [-0.4, -0.2) is 46.9 Å². The number of halogens is 3. The van der Waals surface area contributed by atoms with Gasteiger partial charge in [-0.15, -0.1) is 0 Å². The van der Waals surface area contributed by atoms with Gasteiger partial charge in [0.05, 0.1) is 10.6 Å². The molecule has 96 valence electrons. The minimum absolute atomic E-state index is 0.113. The maximum absolute atomic E-state index is 12.5. The number of aliphatic hydroxyl groups is 1. The van der Waals surface area contributed by atoms with E-state index in [-0.39, 0.29) is 13.1 Å². The van der Waals surface area contributed by atoms with E-state index in [4.69, 9.17) is 5.73 Å². The molecule has 0 bridgehead atoms. The van der Waals surface area contributed by atoms with Crippen molar-refractivity contribution in [1.82, 2.24) is 4.90 Å². The molecule has 0 aliphatic carbocycles. The molecule has 0 rings (SSSR count). The van der Waals surface area contributed by atoms with E-state index in [1.165, 1.54) is 25.8 Å². The van der Waals surface area contributed by atoms with Crippen molar-refractivity contribution >= 4 is 17.2 Å². The Morgan fingerprint density at radius 1 is 1.44 bits per heavy atom. The van der Waals surface area contributed by atoms with Gasteiger partial charge in [-0.3, -0.25) is 0 Å². The predicted octanol–water partition coefficient (Wildman–Crippen LogP) is 1.15. The Morgan fingerprint density at radius 3 is 2.12 bits per heavy atom. The van der Waals surface area contributed by atoms with Gasteiger partial charge < -0.3 is 15.7 Å². The van der Waals surface area contributed by atoms with Gasteiger partial charge in [0.2, 0.25) is 0 Å². The summed E-state index contributed by atoms with van der Waals surface area (Å²) in [7, 11) is 1.48. The zero-order chi connectivity index (χ0) is 13.1. The Bertz CT molecular complexity index is 250. The Hall–Kier alpha value is -0.400. The Labute approximate surface area is 98.4 Å². The molecule has 0 aromatic rings. The summed E-state index contributed by atoms with van der Waals surface area (Å²) < 4.78 is 37.5. The Kier molecular flexibility index (Phi) is 5.15. The maximum Gasteiger partial charge on any atom is 0.399 e. The first kappa shape index (κ1) is 15.6. The fraction of sp³-hybridized carbons (Fsp3) is 0.889. The van der Waals surface area contributed by atoms with Crippen LogP contribution in [0.1, 0.15) is 13.8 Å². The van der Waals surface area contributed by atoms with Crippen molar-refractivity contribution in [2.75, 3.05) is 20.1 Å². The van der Waals surface area contributed by atoms with Gasteiger partial charge in [-0.2, -0.15) is 13.2 Å². The smallest absolute Gasteiger partial charge is 0.393 e. The van der Waals surface area contributed by atoms with Crippen LogP contribution >= 0.6 is 12.2 Å². The van der Waals surface area contributed by atoms with Crippen molar-refractivity contribution in [3.8, 4) is 0 Å².